The molecule has 2 aliphatic carbocycles. The maximum Gasteiger partial charge on any atom is 0.407 e. The highest BCUT2D eigenvalue weighted by Crippen LogP contribution is 2.44. The number of alkyl carbamates (subject to hydrolysis) is 1. The van der Waals surface area contributed by atoms with Crippen molar-refractivity contribution < 1.29 is 24.2 Å². The average molecular weight is 465 g/mol. The fourth-order valence-electron chi connectivity index (χ4n) is 4.61. The van der Waals surface area contributed by atoms with Crippen LogP contribution in [-0.2, 0) is 14.3 Å². The first-order chi connectivity index (χ1) is 16.3. The summed E-state index contributed by atoms with van der Waals surface area (Å²) in [7, 11) is 0. The van der Waals surface area contributed by atoms with E-state index in [-0.39, 0.29) is 30.8 Å². The summed E-state index contributed by atoms with van der Waals surface area (Å²) in [5.41, 5.74) is 4.57. The van der Waals surface area contributed by atoms with Crippen LogP contribution >= 0.6 is 0 Å². The predicted octanol–water partition coefficient (Wildman–Crippen LogP) is 4.31. The molecule has 2 aromatic carbocycles. The normalized spacial score (nSPS) is 16.3. The number of fused-ring (bicyclic) bond motifs is 3. The minimum atomic E-state index is -1.02. The molecule has 0 bridgehead atoms. The van der Waals surface area contributed by atoms with E-state index < -0.39 is 24.1 Å². The quantitative estimate of drug-likeness (QED) is 0.486. The van der Waals surface area contributed by atoms with Gasteiger partial charge in [0.2, 0.25) is 5.91 Å². The van der Waals surface area contributed by atoms with Gasteiger partial charge < -0.3 is 20.5 Å². The molecule has 4 rings (SSSR count). The minimum Gasteiger partial charge on any atom is -0.480 e. The molecule has 2 atom stereocenters. The Balaban J connectivity index is 1.34. The van der Waals surface area contributed by atoms with Gasteiger partial charge in [0.25, 0.3) is 0 Å². The lowest BCUT2D eigenvalue weighted by Gasteiger charge is -2.23. The molecule has 2 aromatic rings. The van der Waals surface area contributed by atoms with Gasteiger partial charge in [-0.25, -0.2) is 9.59 Å². The van der Waals surface area contributed by atoms with Gasteiger partial charge in [0.15, 0.2) is 0 Å². The lowest BCUT2D eigenvalue weighted by Crippen LogP contribution is -2.46. The Hall–Kier alpha value is -3.35. The molecule has 180 valence electrons. The van der Waals surface area contributed by atoms with E-state index in [1.165, 1.54) is 0 Å². The molecule has 0 aromatic heterocycles. The van der Waals surface area contributed by atoms with Gasteiger partial charge in [0.1, 0.15) is 12.6 Å². The van der Waals surface area contributed by atoms with E-state index in [1.807, 2.05) is 38.1 Å². The molecule has 1 fully saturated rings. The van der Waals surface area contributed by atoms with Crippen LogP contribution in [0.25, 0.3) is 11.1 Å². The van der Waals surface area contributed by atoms with Crippen LogP contribution in [0.3, 0.4) is 0 Å². The SMILES string of the molecule is CC(C)[C@@H](CC(=O)N[C@@H](CC1CC1)C(=O)O)NC(=O)OCC1c2ccccc2-c2ccccc21. The number of hydrogen-bond acceptors (Lipinski definition) is 4. The molecule has 2 aliphatic rings. The number of carboxylic acid groups (broad SMARTS) is 1. The van der Waals surface area contributed by atoms with E-state index in [0.29, 0.717) is 12.3 Å². The van der Waals surface area contributed by atoms with Gasteiger partial charge in [-0.3, -0.25) is 4.79 Å². The molecule has 34 heavy (non-hydrogen) atoms. The van der Waals surface area contributed by atoms with Crippen LogP contribution < -0.4 is 10.6 Å². The molecule has 7 nitrogen and oxygen atoms in total. The first kappa shape index (κ1) is 23.8. The molecule has 0 unspecified atom stereocenters. The van der Waals surface area contributed by atoms with Crippen molar-refractivity contribution >= 4 is 18.0 Å². The number of benzene rings is 2. The van der Waals surface area contributed by atoms with Crippen molar-refractivity contribution in [3.63, 3.8) is 0 Å². The standard InChI is InChI=1S/C27H32N2O5/c1-16(2)23(14-25(30)28-24(26(31)32)13-17-11-12-17)29-27(33)34-15-22-20-9-5-3-7-18(20)19-8-4-6-10-21(19)22/h3-10,16-17,22-24H,11-15H2,1-2H3,(H,28,30)(H,29,33)(H,31,32)/t23-,24+/m1/s1. The topological polar surface area (TPSA) is 105 Å². The Morgan fingerprint density at radius 3 is 2.09 bits per heavy atom. The predicted molar refractivity (Wildman–Crippen MR) is 128 cm³/mol. The maximum absolute atomic E-state index is 12.6. The third-order valence-corrected chi connectivity index (χ3v) is 6.76. The molecular weight excluding hydrogens is 432 g/mol. The highest BCUT2D eigenvalue weighted by atomic mass is 16.5. The minimum absolute atomic E-state index is 0.00366. The summed E-state index contributed by atoms with van der Waals surface area (Å²) in [4.78, 5) is 36.7. The summed E-state index contributed by atoms with van der Waals surface area (Å²) >= 11 is 0. The number of amides is 2. The summed E-state index contributed by atoms with van der Waals surface area (Å²) in [5, 5.41) is 14.8. The number of hydrogen-bond donors (Lipinski definition) is 3. The van der Waals surface area contributed by atoms with E-state index >= 15 is 0 Å². The summed E-state index contributed by atoms with van der Waals surface area (Å²) in [6.45, 7) is 4.00. The van der Waals surface area contributed by atoms with E-state index in [1.54, 1.807) is 0 Å². The third kappa shape index (κ3) is 5.58. The Kier molecular flexibility index (Phi) is 7.20. The summed E-state index contributed by atoms with van der Waals surface area (Å²) in [6.07, 6.45) is 1.89. The molecule has 7 heteroatoms. The second-order valence-electron chi connectivity index (χ2n) is 9.66. The number of nitrogens with one attached hydrogen (secondary N) is 2. The molecule has 0 radical (unpaired) electrons. The lowest BCUT2D eigenvalue weighted by atomic mass is 9.98. The molecule has 3 N–H and O–H groups in total. The Labute approximate surface area is 199 Å². The Morgan fingerprint density at radius 2 is 1.56 bits per heavy atom. The number of ether oxygens (including phenoxy) is 1. The van der Waals surface area contributed by atoms with Crippen molar-refractivity contribution in [1.29, 1.82) is 0 Å². The maximum atomic E-state index is 12.6. The Bertz CT molecular complexity index is 1020. The van der Waals surface area contributed by atoms with Crippen molar-refractivity contribution in [3.05, 3.63) is 59.7 Å². The smallest absolute Gasteiger partial charge is 0.407 e. The number of carbonyl (C=O) groups is 3. The molecular formula is C27H32N2O5. The van der Waals surface area contributed by atoms with Crippen molar-refractivity contribution in [2.75, 3.05) is 6.61 Å². The van der Waals surface area contributed by atoms with Gasteiger partial charge in [0, 0.05) is 18.4 Å². The highest BCUT2D eigenvalue weighted by molar-refractivity contribution is 5.84. The van der Waals surface area contributed by atoms with Crippen molar-refractivity contribution in [2.24, 2.45) is 11.8 Å². The van der Waals surface area contributed by atoms with Crippen LogP contribution in [-0.4, -0.2) is 41.8 Å². The van der Waals surface area contributed by atoms with Gasteiger partial charge in [-0.05, 0) is 40.5 Å². The van der Waals surface area contributed by atoms with Crippen molar-refractivity contribution in [3.8, 4) is 11.1 Å². The molecule has 0 spiro atoms. The number of carbonyl (C=O) groups excluding carboxylic acids is 2. The largest absolute Gasteiger partial charge is 0.480 e. The zero-order chi connectivity index (χ0) is 24.2. The van der Waals surface area contributed by atoms with E-state index in [0.717, 1.165) is 35.1 Å². The van der Waals surface area contributed by atoms with Crippen LogP contribution in [0.4, 0.5) is 4.79 Å². The monoisotopic (exact) mass is 464 g/mol. The van der Waals surface area contributed by atoms with E-state index in [9.17, 15) is 19.5 Å². The van der Waals surface area contributed by atoms with Gasteiger partial charge in [0.05, 0.1) is 0 Å². The van der Waals surface area contributed by atoms with Gasteiger partial charge in [-0.2, -0.15) is 0 Å². The fraction of sp³-hybridized carbons (Fsp3) is 0.444. The second kappa shape index (κ2) is 10.3. The molecule has 0 aliphatic heterocycles. The van der Waals surface area contributed by atoms with Crippen LogP contribution in [0.2, 0.25) is 0 Å². The van der Waals surface area contributed by atoms with Crippen molar-refractivity contribution in [2.45, 2.75) is 57.5 Å². The third-order valence-electron chi connectivity index (χ3n) is 6.76. The molecule has 1 saturated carbocycles. The first-order valence-corrected chi connectivity index (χ1v) is 12.0. The fourth-order valence-corrected chi connectivity index (χ4v) is 4.61. The second-order valence-corrected chi connectivity index (χ2v) is 9.66. The Morgan fingerprint density at radius 1 is 0.971 bits per heavy atom. The molecule has 0 saturated heterocycles. The lowest BCUT2D eigenvalue weighted by molar-refractivity contribution is -0.142. The zero-order valence-corrected chi connectivity index (χ0v) is 19.6. The van der Waals surface area contributed by atoms with E-state index in [4.69, 9.17) is 4.74 Å². The van der Waals surface area contributed by atoms with Crippen molar-refractivity contribution in [1.82, 2.24) is 10.6 Å². The number of carboxylic acids is 1. The number of aliphatic carboxylic acids is 1. The van der Waals surface area contributed by atoms with Gasteiger partial charge in [-0.1, -0.05) is 75.2 Å². The van der Waals surface area contributed by atoms with Crippen LogP contribution in [0, 0.1) is 11.8 Å². The van der Waals surface area contributed by atoms with Crippen LogP contribution in [0.15, 0.2) is 48.5 Å². The van der Waals surface area contributed by atoms with Gasteiger partial charge >= 0.3 is 12.1 Å². The van der Waals surface area contributed by atoms with Crippen LogP contribution in [0.5, 0.6) is 0 Å². The van der Waals surface area contributed by atoms with Crippen LogP contribution in [0.1, 0.15) is 56.6 Å². The zero-order valence-electron chi connectivity index (χ0n) is 19.6. The molecule has 0 heterocycles. The summed E-state index contributed by atoms with van der Waals surface area (Å²) < 4.78 is 5.61. The average Bonchev–Trinajstić information content (AvgIpc) is 3.57. The molecule has 2 amide bonds. The highest BCUT2D eigenvalue weighted by Gasteiger charge is 2.32. The number of rotatable bonds is 10. The first-order valence-electron chi connectivity index (χ1n) is 12.0. The van der Waals surface area contributed by atoms with Gasteiger partial charge in [-0.15, -0.1) is 0 Å². The van der Waals surface area contributed by atoms with E-state index in [2.05, 4.69) is 34.9 Å². The summed E-state index contributed by atoms with van der Waals surface area (Å²) in [6, 6.07) is 14.9. The summed E-state index contributed by atoms with van der Waals surface area (Å²) in [5.74, 6) is -1.10.